The Hall–Kier alpha value is -4.70. The second-order valence-corrected chi connectivity index (χ2v) is 12.7. The largest absolute Gasteiger partial charge is 0.333 e. The van der Waals surface area contributed by atoms with Crippen LogP contribution in [0.15, 0.2) is 90.6 Å². The van der Waals surface area contributed by atoms with Crippen LogP contribution in [0.2, 0.25) is 0 Å². The Bertz CT molecular complexity index is 1830. The van der Waals surface area contributed by atoms with Gasteiger partial charge in [0.1, 0.15) is 0 Å². The van der Waals surface area contributed by atoms with E-state index in [0.29, 0.717) is 17.7 Å². The SMILES string of the molecule is C=N.CC.CC.CC(=N)C1=CCC(n2c(/C=C\C(C)C)c(C)c3ccccc32)C=C1.Cc1ccc(-n2c3c(c4c2C=CCC4)CCC=C3)cc1. The van der Waals surface area contributed by atoms with Crippen LogP contribution in [-0.4, -0.2) is 21.6 Å². The average Bonchev–Trinajstić information content (AvgIpc) is 3.65. The molecule has 0 aliphatic heterocycles. The number of hydrogen-bond donors (Lipinski definition) is 2. The zero-order valence-electron chi connectivity index (χ0n) is 32.1. The molecule has 0 saturated carbocycles. The van der Waals surface area contributed by atoms with Crippen LogP contribution in [-0.2, 0) is 12.8 Å². The van der Waals surface area contributed by atoms with Gasteiger partial charge >= 0.3 is 0 Å². The first-order valence-corrected chi connectivity index (χ1v) is 18.6. The standard InChI is InChI=1S/C22H26N2.C19H19N.2C2H6.CH3N/c1-15(2)9-14-21-16(3)20-7-5-6-8-22(20)24(21)19-12-10-18(11-13-19)17(4)23;1-14-10-12-15(13-11-14)20-18-8-4-2-6-16(18)17-7-3-5-9-19(17)20;3*1-2/h5-12,14-15,19,23H,13H2,1-4H3;4-5,8-13H,2-3,6-7H2,1H3;2*1-2H3;2H,1H2/b14-9-,23-17?;;;;. The summed E-state index contributed by atoms with van der Waals surface area (Å²) in [6.45, 7) is 21.1. The van der Waals surface area contributed by atoms with E-state index < -0.39 is 0 Å². The van der Waals surface area contributed by atoms with E-state index in [1.807, 2.05) is 34.6 Å². The maximum absolute atomic E-state index is 7.81. The summed E-state index contributed by atoms with van der Waals surface area (Å²) >= 11 is 0. The molecule has 3 aliphatic rings. The zero-order valence-corrected chi connectivity index (χ0v) is 32.1. The van der Waals surface area contributed by atoms with Crippen LogP contribution >= 0.6 is 0 Å². The lowest BCUT2D eigenvalue weighted by molar-refractivity contribution is 0.622. The van der Waals surface area contributed by atoms with Gasteiger partial charge in [-0.15, -0.1) is 0 Å². The average molecular weight is 669 g/mol. The molecule has 2 aromatic carbocycles. The highest BCUT2D eigenvalue weighted by molar-refractivity contribution is 5.98. The van der Waals surface area contributed by atoms with E-state index in [2.05, 4.69) is 147 Å². The molecule has 0 bridgehead atoms. The Morgan fingerprint density at radius 1 is 0.840 bits per heavy atom. The molecule has 1 atom stereocenters. The van der Waals surface area contributed by atoms with E-state index in [1.165, 1.54) is 70.5 Å². The minimum Gasteiger partial charge on any atom is -0.333 e. The van der Waals surface area contributed by atoms with E-state index in [1.54, 1.807) is 11.1 Å². The fourth-order valence-electron chi connectivity index (χ4n) is 6.81. The second-order valence-electron chi connectivity index (χ2n) is 12.7. The predicted molar refractivity (Wildman–Crippen MR) is 223 cm³/mol. The van der Waals surface area contributed by atoms with Crippen LogP contribution in [0, 0.1) is 30.6 Å². The topological polar surface area (TPSA) is 57.6 Å². The summed E-state index contributed by atoms with van der Waals surface area (Å²) in [5.74, 6) is 0.532. The second kappa shape index (κ2) is 19.5. The number of para-hydroxylation sites is 1. The summed E-state index contributed by atoms with van der Waals surface area (Å²) in [5.41, 5.74) is 14.2. The van der Waals surface area contributed by atoms with Crippen molar-refractivity contribution in [3.63, 3.8) is 0 Å². The van der Waals surface area contributed by atoms with Crippen molar-refractivity contribution < 1.29 is 0 Å². The maximum atomic E-state index is 7.81. The number of nitrogens with zero attached hydrogens (tertiary/aromatic N) is 2. The summed E-state index contributed by atoms with van der Waals surface area (Å²) < 4.78 is 4.89. The van der Waals surface area contributed by atoms with Crippen molar-refractivity contribution in [1.82, 2.24) is 9.13 Å². The van der Waals surface area contributed by atoms with Crippen LogP contribution in [0.25, 0.3) is 34.8 Å². The smallest absolute Gasteiger partial charge is 0.0560 e. The van der Waals surface area contributed by atoms with Crippen molar-refractivity contribution in [3.8, 4) is 5.69 Å². The molecule has 1 unspecified atom stereocenters. The van der Waals surface area contributed by atoms with Gasteiger partial charge < -0.3 is 20.0 Å². The predicted octanol–water partition coefficient (Wildman–Crippen LogP) is 13.1. The molecule has 7 rings (SSSR count). The van der Waals surface area contributed by atoms with Crippen molar-refractivity contribution in [1.29, 1.82) is 10.8 Å². The quantitative estimate of drug-likeness (QED) is 0.199. The summed E-state index contributed by atoms with van der Waals surface area (Å²) in [6, 6.07) is 17.8. The number of rotatable bonds is 5. The van der Waals surface area contributed by atoms with E-state index in [4.69, 9.17) is 10.8 Å². The fraction of sp³-hybridized carbons (Fsp3) is 0.348. The van der Waals surface area contributed by atoms with Gasteiger partial charge in [-0.05, 0) is 124 Å². The number of fused-ring (bicyclic) bond motifs is 4. The lowest BCUT2D eigenvalue weighted by Crippen LogP contribution is -2.11. The highest BCUT2D eigenvalue weighted by Gasteiger charge is 2.23. The normalized spacial score (nSPS) is 15.3. The Balaban J connectivity index is 0.000000238. The summed E-state index contributed by atoms with van der Waals surface area (Å²) in [5, 5.41) is 14.6. The summed E-state index contributed by atoms with van der Waals surface area (Å²) in [6.07, 6.45) is 26.0. The van der Waals surface area contributed by atoms with E-state index in [-0.39, 0.29) is 0 Å². The molecule has 3 aliphatic carbocycles. The molecule has 2 N–H and O–H groups in total. The van der Waals surface area contributed by atoms with Crippen molar-refractivity contribution in [2.75, 3.05) is 0 Å². The Kier molecular flexibility index (Phi) is 15.5. The highest BCUT2D eigenvalue weighted by atomic mass is 15.0. The number of benzene rings is 2. The van der Waals surface area contributed by atoms with Gasteiger partial charge in [-0.3, -0.25) is 0 Å². The van der Waals surface area contributed by atoms with E-state index in [9.17, 15) is 0 Å². The van der Waals surface area contributed by atoms with Gasteiger partial charge in [0.2, 0.25) is 0 Å². The molecule has 50 heavy (non-hydrogen) atoms. The molecule has 4 aromatic rings. The Labute approximate surface area is 302 Å². The van der Waals surface area contributed by atoms with Crippen LogP contribution in [0.3, 0.4) is 0 Å². The first-order valence-electron chi connectivity index (χ1n) is 18.6. The third-order valence-corrected chi connectivity index (χ3v) is 9.12. The number of hydrogen-bond acceptors (Lipinski definition) is 2. The fourth-order valence-corrected chi connectivity index (χ4v) is 6.81. The van der Waals surface area contributed by atoms with E-state index >= 15 is 0 Å². The molecule has 0 radical (unpaired) electrons. The van der Waals surface area contributed by atoms with E-state index in [0.717, 1.165) is 12.0 Å². The van der Waals surface area contributed by atoms with Crippen LogP contribution in [0.4, 0.5) is 0 Å². The van der Waals surface area contributed by atoms with Gasteiger partial charge in [0, 0.05) is 39.4 Å². The molecule has 4 heteroatoms. The molecule has 264 valence electrons. The minimum atomic E-state index is 0.304. The third-order valence-electron chi connectivity index (χ3n) is 9.12. The van der Waals surface area contributed by atoms with Crippen LogP contribution in [0.1, 0.15) is 113 Å². The number of allylic oxidation sites excluding steroid dienone is 7. The monoisotopic (exact) mass is 668 g/mol. The van der Waals surface area contributed by atoms with Gasteiger partial charge in [-0.25, -0.2) is 0 Å². The highest BCUT2D eigenvalue weighted by Crippen LogP contribution is 2.36. The summed E-state index contributed by atoms with van der Waals surface area (Å²) in [4.78, 5) is 0. The van der Waals surface area contributed by atoms with Gasteiger partial charge in [-0.2, -0.15) is 0 Å². The van der Waals surface area contributed by atoms with Crippen LogP contribution in [0.5, 0.6) is 0 Å². The lowest BCUT2D eigenvalue weighted by atomic mass is 9.94. The molecule has 0 amide bonds. The molecule has 0 saturated heterocycles. The number of aryl methyl sites for hydroxylation is 2. The lowest BCUT2D eigenvalue weighted by Gasteiger charge is -2.21. The van der Waals surface area contributed by atoms with Crippen molar-refractivity contribution in [2.24, 2.45) is 5.92 Å². The van der Waals surface area contributed by atoms with Crippen molar-refractivity contribution in [3.05, 3.63) is 130 Å². The Morgan fingerprint density at radius 2 is 1.42 bits per heavy atom. The molecule has 2 heterocycles. The number of nitrogens with one attached hydrogen (secondary N) is 2. The summed E-state index contributed by atoms with van der Waals surface area (Å²) in [7, 11) is 0. The van der Waals surface area contributed by atoms with Crippen molar-refractivity contribution >= 4 is 41.6 Å². The molecule has 2 aromatic heterocycles. The molecular formula is C46H60N4. The minimum absolute atomic E-state index is 0.304. The van der Waals surface area contributed by atoms with Crippen LogP contribution < -0.4 is 0 Å². The van der Waals surface area contributed by atoms with Gasteiger partial charge in [0.05, 0.1) is 6.04 Å². The Morgan fingerprint density at radius 3 is 1.94 bits per heavy atom. The molecule has 4 nitrogen and oxygen atoms in total. The first-order chi connectivity index (χ1) is 24.3. The van der Waals surface area contributed by atoms with Gasteiger partial charge in [0.25, 0.3) is 0 Å². The zero-order chi connectivity index (χ0) is 36.8. The first kappa shape index (κ1) is 39.7. The third kappa shape index (κ3) is 8.90. The maximum Gasteiger partial charge on any atom is 0.0560 e. The van der Waals surface area contributed by atoms with Gasteiger partial charge in [-0.1, -0.05) is 114 Å². The van der Waals surface area contributed by atoms with Gasteiger partial charge in [0.15, 0.2) is 0 Å². The molecule has 0 fully saturated rings. The molecular weight excluding hydrogens is 609 g/mol. The molecule has 0 spiro atoms. The number of aromatic nitrogens is 2. The van der Waals surface area contributed by atoms with Crippen molar-refractivity contribution in [2.45, 2.75) is 100 Å².